The van der Waals surface area contributed by atoms with Gasteiger partial charge in [-0.25, -0.2) is 0 Å². The molecule has 0 unspecified atom stereocenters. The highest BCUT2D eigenvalue weighted by atomic mass is 16.5. The highest BCUT2D eigenvalue weighted by Crippen LogP contribution is 2.28. The van der Waals surface area contributed by atoms with Gasteiger partial charge in [0.25, 0.3) is 0 Å². The lowest BCUT2D eigenvalue weighted by atomic mass is 9.94. The summed E-state index contributed by atoms with van der Waals surface area (Å²) in [6.45, 7) is 6.59. The van der Waals surface area contributed by atoms with Crippen LogP contribution < -0.4 is 5.32 Å². The first-order valence-corrected chi connectivity index (χ1v) is 5.55. The predicted octanol–water partition coefficient (Wildman–Crippen LogP) is 2.86. The summed E-state index contributed by atoms with van der Waals surface area (Å²) in [5, 5.41) is 3.52. The lowest BCUT2D eigenvalue weighted by Gasteiger charge is -2.40. The van der Waals surface area contributed by atoms with E-state index in [1.807, 2.05) is 18.2 Å². The van der Waals surface area contributed by atoms with Gasteiger partial charge in [0.15, 0.2) is 0 Å². The second-order valence-electron chi connectivity index (χ2n) is 4.97. The zero-order valence-corrected chi connectivity index (χ0v) is 9.66. The van der Waals surface area contributed by atoms with E-state index in [0.29, 0.717) is 6.10 Å². The normalized spacial score (nSPS) is 30.1. The van der Waals surface area contributed by atoms with Crippen molar-refractivity contribution in [1.82, 2.24) is 5.32 Å². The molecule has 1 N–H and O–H groups in total. The van der Waals surface area contributed by atoms with Crippen LogP contribution in [0.1, 0.15) is 39.0 Å². The molecule has 0 radical (unpaired) electrons. The minimum atomic E-state index is 0.0324. The molecule has 0 spiro atoms. The molecule has 0 amide bonds. The van der Waals surface area contributed by atoms with E-state index in [4.69, 9.17) is 4.74 Å². The zero-order valence-electron chi connectivity index (χ0n) is 9.66. The first-order valence-electron chi connectivity index (χ1n) is 5.55. The van der Waals surface area contributed by atoms with Crippen molar-refractivity contribution in [3.8, 4) is 0 Å². The molecule has 2 rings (SSSR count). The lowest BCUT2D eigenvalue weighted by Crippen LogP contribution is -2.50. The van der Waals surface area contributed by atoms with Gasteiger partial charge < -0.3 is 4.74 Å². The van der Waals surface area contributed by atoms with Crippen LogP contribution in [0.4, 0.5) is 0 Å². The van der Waals surface area contributed by atoms with Crippen molar-refractivity contribution in [2.75, 3.05) is 0 Å². The predicted molar refractivity (Wildman–Crippen MR) is 61.6 cm³/mol. The maximum atomic E-state index is 5.90. The number of benzene rings is 1. The van der Waals surface area contributed by atoms with Crippen molar-refractivity contribution in [2.24, 2.45) is 0 Å². The molecule has 2 atom stereocenters. The molecule has 1 saturated heterocycles. The Labute approximate surface area is 91.6 Å². The minimum Gasteiger partial charge on any atom is -0.356 e. The van der Waals surface area contributed by atoms with Crippen molar-refractivity contribution < 1.29 is 4.74 Å². The van der Waals surface area contributed by atoms with Gasteiger partial charge in [-0.2, -0.15) is 0 Å². The molecule has 0 aliphatic carbocycles. The Bertz CT molecular complexity index is 321. The van der Waals surface area contributed by atoms with Crippen LogP contribution in [0, 0.1) is 0 Å². The highest BCUT2D eigenvalue weighted by Gasteiger charge is 2.32. The van der Waals surface area contributed by atoms with Crippen molar-refractivity contribution in [3.63, 3.8) is 0 Å². The third kappa shape index (κ3) is 2.58. The summed E-state index contributed by atoms with van der Waals surface area (Å²) in [5.41, 5.74) is 1.36. The van der Waals surface area contributed by atoms with Crippen LogP contribution in [0.2, 0.25) is 0 Å². The van der Waals surface area contributed by atoms with Gasteiger partial charge in [0.1, 0.15) is 6.23 Å². The molecular weight excluding hydrogens is 186 g/mol. The topological polar surface area (TPSA) is 21.3 Å². The molecule has 2 heteroatoms. The Morgan fingerprint density at radius 2 is 1.93 bits per heavy atom. The summed E-state index contributed by atoms with van der Waals surface area (Å²) >= 11 is 0. The molecule has 1 aliphatic heterocycles. The molecule has 0 bridgehead atoms. The second-order valence-corrected chi connectivity index (χ2v) is 4.97. The van der Waals surface area contributed by atoms with Gasteiger partial charge in [0.2, 0.25) is 0 Å². The summed E-state index contributed by atoms with van der Waals surface area (Å²) in [5.74, 6) is 0. The summed E-state index contributed by atoms with van der Waals surface area (Å²) in [6, 6.07) is 10.3. The maximum Gasteiger partial charge on any atom is 0.135 e. The third-order valence-electron chi connectivity index (χ3n) is 2.79. The molecule has 82 valence electrons. The molecule has 1 aliphatic rings. The molecular formula is C13H19NO. The van der Waals surface area contributed by atoms with Crippen LogP contribution in [0.5, 0.6) is 0 Å². The van der Waals surface area contributed by atoms with Gasteiger partial charge in [-0.05, 0) is 32.8 Å². The van der Waals surface area contributed by atoms with Crippen LogP contribution >= 0.6 is 0 Å². The largest absolute Gasteiger partial charge is 0.356 e. The summed E-state index contributed by atoms with van der Waals surface area (Å²) in [7, 11) is 0. The smallest absolute Gasteiger partial charge is 0.135 e. The number of hydrogen-bond acceptors (Lipinski definition) is 2. The van der Waals surface area contributed by atoms with Crippen molar-refractivity contribution in [2.45, 2.75) is 45.1 Å². The van der Waals surface area contributed by atoms with Crippen LogP contribution in [-0.2, 0) is 4.74 Å². The van der Waals surface area contributed by atoms with Gasteiger partial charge in [0, 0.05) is 5.54 Å². The average Bonchev–Trinajstić information content (AvgIpc) is 2.16. The summed E-state index contributed by atoms with van der Waals surface area (Å²) in [6.07, 6.45) is 1.40. The Kier molecular flexibility index (Phi) is 2.81. The third-order valence-corrected chi connectivity index (χ3v) is 2.79. The summed E-state index contributed by atoms with van der Waals surface area (Å²) < 4.78 is 5.90. The fourth-order valence-corrected chi connectivity index (χ4v) is 2.24. The fraction of sp³-hybridized carbons (Fsp3) is 0.538. The quantitative estimate of drug-likeness (QED) is 0.761. The monoisotopic (exact) mass is 205 g/mol. The molecule has 1 fully saturated rings. The Morgan fingerprint density at radius 3 is 2.53 bits per heavy atom. The maximum absolute atomic E-state index is 5.90. The van der Waals surface area contributed by atoms with Gasteiger partial charge in [-0.15, -0.1) is 0 Å². The van der Waals surface area contributed by atoms with Crippen LogP contribution in [0.25, 0.3) is 0 Å². The van der Waals surface area contributed by atoms with E-state index in [9.17, 15) is 0 Å². The van der Waals surface area contributed by atoms with Crippen LogP contribution in [0.15, 0.2) is 30.3 Å². The van der Waals surface area contributed by atoms with E-state index in [-0.39, 0.29) is 11.8 Å². The number of hydrogen-bond donors (Lipinski definition) is 1. The first-order chi connectivity index (χ1) is 7.07. The average molecular weight is 205 g/mol. The van der Waals surface area contributed by atoms with Gasteiger partial charge in [-0.1, -0.05) is 30.3 Å². The molecule has 1 aromatic rings. The number of nitrogens with one attached hydrogen (secondary N) is 1. The van der Waals surface area contributed by atoms with E-state index in [1.54, 1.807) is 0 Å². The Hall–Kier alpha value is -0.860. The van der Waals surface area contributed by atoms with E-state index >= 15 is 0 Å². The minimum absolute atomic E-state index is 0.0324. The van der Waals surface area contributed by atoms with Crippen LogP contribution in [0.3, 0.4) is 0 Å². The lowest BCUT2D eigenvalue weighted by molar-refractivity contribution is -0.0896. The van der Waals surface area contributed by atoms with Crippen molar-refractivity contribution in [3.05, 3.63) is 35.9 Å². The van der Waals surface area contributed by atoms with E-state index in [1.165, 1.54) is 5.56 Å². The van der Waals surface area contributed by atoms with Crippen molar-refractivity contribution in [1.29, 1.82) is 0 Å². The highest BCUT2D eigenvalue weighted by molar-refractivity contribution is 5.18. The van der Waals surface area contributed by atoms with E-state index in [0.717, 1.165) is 6.42 Å². The first kappa shape index (κ1) is 10.7. The molecule has 15 heavy (non-hydrogen) atoms. The van der Waals surface area contributed by atoms with Gasteiger partial charge >= 0.3 is 0 Å². The standard InChI is InChI=1S/C13H19NO/c1-10-9-13(2,3)14-12(15-10)11-7-5-4-6-8-11/h4-8,10,12,14H,9H2,1-3H3/t10-,12+/m0/s1. The van der Waals surface area contributed by atoms with Crippen LogP contribution in [-0.4, -0.2) is 11.6 Å². The number of ether oxygens (including phenoxy) is 1. The van der Waals surface area contributed by atoms with Gasteiger partial charge in [0.05, 0.1) is 6.10 Å². The Balaban J connectivity index is 2.17. The Morgan fingerprint density at radius 1 is 1.27 bits per heavy atom. The van der Waals surface area contributed by atoms with Crippen molar-refractivity contribution >= 4 is 0 Å². The SMILES string of the molecule is C[C@H]1CC(C)(C)N[C@@H](c2ccccc2)O1. The zero-order chi connectivity index (χ0) is 10.9. The molecule has 1 heterocycles. The second kappa shape index (κ2) is 3.95. The number of rotatable bonds is 1. The molecule has 0 aromatic heterocycles. The van der Waals surface area contributed by atoms with E-state index < -0.39 is 0 Å². The molecule has 1 aromatic carbocycles. The fourth-order valence-electron chi connectivity index (χ4n) is 2.24. The molecule has 0 saturated carbocycles. The van der Waals surface area contributed by atoms with E-state index in [2.05, 4.69) is 38.2 Å². The molecule has 2 nitrogen and oxygen atoms in total. The van der Waals surface area contributed by atoms with Gasteiger partial charge in [-0.3, -0.25) is 5.32 Å². The summed E-state index contributed by atoms with van der Waals surface area (Å²) in [4.78, 5) is 0.